The Balaban J connectivity index is 1.15. The van der Waals surface area contributed by atoms with Gasteiger partial charge in [0.15, 0.2) is 11.5 Å². The molecule has 6 atom stereocenters. The smallest absolute Gasteiger partial charge is 0.241 e. The number of benzene rings is 3. The van der Waals surface area contributed by atoms with Gasteiger partial charge in [-0.05, 0) is 103 Å². The first-order valence-electron chi connectivity index (χ1n) is 17.7. The second-order valence-corrected chi connectivity index (χ2v) is 16.4. The first-order chi connectivity index (χ1) is 24.9. The van der Waals surface area contributed by atoms with Crippen molar-refractivity contribution in [2.75, 3.05) is 25.1 Å². The van der Waals surface area contributed by atoms with Crippen LogP contribution in [0.3, 0.4) is 0 Å². The van der Waals surface area contributed by atoms with Crippen molar-refractivity contribution in [2.45, 2.75) is 51.1 Å². The van der Waals surface area contributed by atoms with Crippen LogP contribution < -0.4 is 9.64 Å². The molecule has 2 aliphatic carbocycles. The lowest BCUT2D eigenvalue weighted by Crippen LogP contribution is -2.49. The van der Waals surface area contributed by atoms with Gasteiger partial charge in [0.25, 0.3) is 0 Å². The van der Waals surface area contributed by atoms with E-state index in [9.17, 15) is 28.7 Å². The molecular weight excluding hydrogens is 800 g/mol. The second kappa shape index (κ2) is 13.2. The molecule has 0 bridgehead atoms. The summed E-state index contributed by atoms with van der Waals surface area (Å²) in [6, 6.07) is 17.3. The lowest BCUT2D eigenvalue weighted by molar-refractivity contribution is -0.144. The zero-order valence-corrected chi connectivity index (χ0v) is 31.6. The molecule has 1 N–H and O–H groups in total. The normalized spacial score (nSPS) is 29.2. The molecule has 3 aromatic rings. The Morgan fingerprint density at radius 3 is 2.40 bits per heavy atom. The van der Waals surface area contributed by atoms with Gasteiger partial charge in [0.05, 0.1) is 44.6 Å². The predicted molar refractivity (Wildman–Crippen MR) is 200 cm³/mol. The Morgan fingerprint density at radius 2 is 1.71 bits per heavy atom. The molecule has 0 aromatic heterocycles. The average molecular weight is 838 g/mol. The largest absolute Gasteiger partial charge is 0.504 e. The number of fused-ring (bicyclic) bond motifs is 4. The van der Waals surface area contributed by atoms with Gasteiger partial charge in [-0.2, -0.15) is 0 Å². The molecule has 4 fully saturated rings. The number of hydrogen-bond donors (Lipinski definition) is 1. The summed E-state index contributed by atoms with van der Waals surface area (Å²) in [4.78, 5) is 62.9. The number of nitrogens with zero attached hydrogens (tertiary/aromatic N) is 3. The minimum atomic E-state index is -1.31. The molecule has 4 amide bonds. The number of imide groups is 2. The minimum Gasteiger partial charge on any atom is -0.504 e. The van der Waals surface area contributed by atoms with Crippen LogP contribution in [0.5, 0.6) is 11.5 Å². The van der Waals surface area contributed by atoms with Gasteiger partial charge in [-0.1, -0.05) is 53.6 Å². The van der Waals surface area contributed by atoms with E-state index >= 15 is 0 Å². The van der Waals surface area contributed by atoms with Crippen LogP contribution in [0.4, 0.5) is 10.1 Å². The zero-order valence-electron chi connectivity index (χ0n) is 28.7. The van der Waals surface area contributed by atoms with Gasteiger partial charge < -0.3 is 9.84 Å². The third-order valence-electron chi connectivity index (χ3n) is 12.2. The summed E-state index contributed by atoms with van der Waals surface area (Å²) >= 11 is 8.14. The molecule has 270 valence electrons. The Labute approximate surface area is 319 Å². The van der Waals surface area contributed by atoms with Crippen LogP contribution in [0.15, 0.2) is 72.3 Å². The summed E-state index contributed by atoms with van der Waals surface area (Å²) in [5.41, 5.74) is 1.57. The van der Waals surface area contributed by atoms with Crippen LogP contribution in [0.25, 0.3) is 0 Å². The lowest BCUT2D eigenvalue weighted by atomic mass is 9.51. The summed E-state index contributed by atoms with van der Waals surface area (Å²) < 4.78 is 20.2. The number of ether oxygens (including phenoxy) is 1. The monoisotopic (exact) mass is 837 g/mol. The first-order valence-corrected chi connectivity index (χ1v) is 19.1. The number of hydrogen-bond acceptors (Lipinski definition) is 7. The van der Waals surface area contributed by atoms with Crippen LogP contribution in [0.2, 0.25) is 5.02 Å². The molecular formula is C40H38ClFIN3O6. The van der Waals surface area contributed by atoms with E-state index in [0.29, 0.717) is 28.4 Å². The van der Waals surface area contributed by atoms with Gasteiger partial charge >= 0.3 is 0 Å². The third kappa shape index (κ3) is 5.40. The fourth-order valence-corrected chi connectivity index (χ4v) is 10.5. The highest BCUT2D eigenvalue weighted by atomic mass is 127. The van der Waals surface area contributed by atoms with E-state index in [-0.39, 0.29) is 46.5 Å². The molecule has 3 heterocycles. The fourth-order valence-electron chi connectivity index (χ4n) is 9.74. The molecule has 3 aliphatic heterocycles. The fraction of sp³-hybridized carbons (Fsp3) is 0.400. The van der Waals surface area contributed by atoms with Crippen molar-refractivity contribution >= 4 is 63.5 Å². The van der Waals surface area contributed by atoms with Gasteiger partial charge in [0.1, 0.15) is 5.82 Å². The van der Waals surface area contributed by atoms with E-state index < -0.39 is 52.6 Å². The van der Waals surface area contributed by atoms with Gasteiger partial charge in [-0.15, -0.1) is 0 Å². The summed E-state index contributed by atoms with van der Waals surface area (Å²) in [7, 11) is 1.45. The number of carbonyl (C=O) groups excluding carboxylic acids is 4. The van der Waals surface area contributed by atoms with Gasteiger partial charge in [0, 0.05) is 31.6 Å². The topological polar surface area (TPSA) is 107 Å². The molecule has 3 saturated heterocycles. The summed E-state index contributed by atoms with van der Waals surface area (Å²) in [6.45, 7) is 4.12. The second-order valence-electron chi connectivity index (χ2n) is 14.9. The van der Waals surface area contributed by atoms with Crippen molar-refractivity contribution < 1.29 is 33.4 Å². The first kappa shape index (κ1) is 35.2. The van der Waals surface area contributed by atoms with Crippen LogP contribution in [0, 0.1) is 38.5 Å². The summed E-state index contributed by atoms with van der Waals surface area (Å²) in [6.07, 6.45) is 3.92. The predicted octanol–water partition coefficient (Wildman–Crippen LogP) is 6.69. The van der Waals surface area contributed by atoms with E-state index in [1.165, 1.54) is 29.7 Å². The van der Waals surface area contributed by atoms with Gasteiger partial charge in [-0.25, -0.2) is 9.29 Å². The highest BCUT2D eigenvalue weighted by molar-refractivity contribution is 14.1. The van der Waals surface area contributed by atoms with E-state index in [1.54, 1.807) is 19.1 Å². The number of likely N-dealkylation sites (tertiary alicyclic amines) is 2. The lowest BCUT2D eigenvalue weighted by Gasteiger charge is -2.49. The Bertz CT molecular complexity index is 2040. The summed E-state index contributed by atoms with van der Waals surface area (Å²) in [5.74, 6) is -5.02. The van der Waals surface area contributed by atoms with Crippen molar-refractivity contribution in [3.63, 3.8) is 0 Å². The minimum absolute atomic E-state index is 0.0444. The maximum atomic E-state index is 14.7. The van der Waals surface area contributed by atoms with Crippen LogP contribution in [-0.4, -0.2) is 64.8 Å². The number of allylic oxidation sites excluding steroid dienone is 2. The van der Waals surface area contributed by atoms with Crippen molar-refractivity contribution in [3.05, 3.63) is 97.8 Å². The number of phenols is 1. The highest BCUT2D eigenvalue weighted by Gasteiger charge is 2.68. The van der Waals surface area contributed by atoms with Crippen LogP contribution in [0.1, 0.15) is 49.7 Å². The number of halogens is 3. The van der Waals surface area contributed by atoms with Crippen molar-refractivity contribution in [1.29, 1.82) is 0 Å². The molecule has 5 aliphatic rings. The number of phenolic OH excluding ortho intramolecular Hbond substituents is 1. The molecule has 0 unspecified atom stereocenters. The maximum absolute atomic E-state index is 14.7. The highest BCUT2D eigenvalue weighted by Crippen LogP contribution is 2.64. The number of rotatable bonds is 6. The van der Waals surface area contributed by atoms with E-state index in [0.717, 1.165) is 36.2 Å². The number of aromatic hydroxyl groups is 1. The number of methoxy groups -OCH3 is 1. The molecule has 8 rings (SSSR count). The SMILES string of the molecule is COc1cc([C@H]2C3=CC[C@@H]4C(=O)N(C5CCN(Cc6ccccc6)CC5)C(=O)[C@@H]4[C@@H]3C[C@H]3C(=O)N(c4ccc(F)c(Cl)c4)C(=O)[C@@]23C)cc(I)c1O. The molecule has 1 saturated carbocycles. The molecule has 0 radical (unpaired) electrons. The third-order valence-corrected chi connectivity index (χ3v) is 13.4. The van der Waals surface area contributed by atoms with E-state index in [2.05, 4.69) is 17.0 Å². The number of piperidine rings is 1. The van der Waals surface area contributed by atoms with Crippen LogP contribution >= 0.6 is 34.2 Å². The molecule has 0 spiro atoms. The number of anilines is 1. The zero-order chi connectivity index (χ0) is 36.6. The van der Waals surface area contributed by atoms with Gasteiger partial charge in [-0.3, -0.25) is 29.0 Å². The molecule has 52 heavy (non-hydrogen) atoms. The Morgan fingerprint density at radius 1 is 0.981 bits per heavy atom. The molecule has 9 nitrogen and oxygen atoms in total. The van der Waals surface area contributed by atoms with E-state index in [1.807, 2.05) is 46.9 Å². The molecule has 12 heteroatoms. The van der Waals surface area contributed by atoms with Crippen molar-refractivity contribution in [2.24, 2.45) is 29.1 Å². The number of carbonyl (C=O) groups is 4. The Kier molecular flexibility index (Phi) is 8.97. The average Bonchev–Trinajstić information content (AvgIpc) is 3.50. The summed E-state index contributed by atoms with van der Waals surface area (Å²) in [5, 5.41) is 10.5. The maximum Gasteiger partial charge on any atom is 0.241 e. The van der Waals surface area contributed by atoms with E-state index in [4.69, 9.17) is 16.3 Å². The van der Waals surface area contributed by atoms with Crippen LogP contribution in [-0.2, 0) is 25.7 Å². The standard InChI is InChI=1S/C40H38ClFIN3O6/c1-40-28(37(49)46(39(40)51)24-8-11-30(42)29(41)18-24)19-27-25(34(40)22-16-31(43)35(47)32(17-22)52-2)9-10-26-33(27)38(50)45(36(26)48)23-12-14-44(15-13-23)20-21-6-4-3-5-7-21/h3-9,11,16-18,23,26-28,33-34,47H,10,12-15,19-20H2,1-2H3/t26-,27+,28-,33-,34-,40+/m0/s1. The Hall–Kier alpha value is -3.81. The molecule has 3 aromatic carbocycles. The number of amides is 4. The van der Waals surface area contributed by atoms with Crippen molar-refractivity contribution in [1.82, 2.24) is 9.80 Å². The quantitative estimate of drug-likeness (QED) is 0.168. The van der Waals surface area contributed by atoms with Gasteiger partial charge in [0.2, 0.25) is 23.6 Å². The van der Waals surface area contributed by atoms with Crippen molar-refractivity contribution in [3.8, 4) is 11.5 Å².